The van der Waals surface area contributed by atoms with E-state index in [0.29, 0.717) is 0 Å². The number of azo groups is 1. The molecule has 0 saturated carbocycles. The van der Waals surface area contributed by atoms with Crippen molar-refractivity contribution in [1.82, 2.24) is 10.2 Å². The molecule has 94 valence electrons. The van der Waals surface area contributed by atoms with Gasteiger partial charge in [-0.15, -0.1) is 10.2 Å². The smallest absolute Gasteiger partial charge is 0.203 e. The maximum atomic E-state index is 4.36. The molecule has 0 N–H and O–H groups in total. The van der Waals surface area contributed by atoms with Crippen molar-refractivity contribution in [3.8, 4) is 0 Å². The van der Waals surface area contributed by atoms with Crippen LogP contribution in [0.2, 0.25) is 0 Å². The Kier molecular flexibility index (Phi) is 4.98. The summed E-state index contributed by atoms with van der Waals surface area (Å²) in [5.74, 6) is 0. The zero-order valence-electron chi connectivity index (χ0n) is 10.1. The standard InChI is InChI=1S/C12H10N2.C2H2N2O/c1-3-7-11(8-4-1)13-14-12-9-5-2-6-10-12;1-3-4-2-5-1/h1-10H;1-2H. The first-order valence-electron chi connectivity index (χ1n) is 5.66. The minimum Gasteiger partial charge on any atom is -0.431 e. The molecule has 2 aromatic carbocycles. The van der Waals surface area contributed by atoms with Gasteiger partial charge >= 0.3 is 0 Å². The molecule has 19 heavy (non-hydrogen) atoms. The van der Waals surface area contributed by atoms with E-state index >= 15 is 0 Å². The summed E-state index contributed by atoms with van der Waals surface area (Å²) in [6, 6.07) is 19.4. The molecule has 3 rings (SSSR count). The average molecular weight is 252 g/mol. The largest absolute Gasteiger partial charge is 0.431 e. The Labute approximate surface area is 110 Å². The molecule has 1 heterocycles. The second kappa shape index (κ2) is 7.50. The van der Waals surface area contributed by atoms with Crippen LogP contribution < -0.4 is 0 Å². The lowest BCUT2D eigenvalue weighted by Gasteiger charge is -1.91. The van der Waals surface area contributed by atoms with E-state index in [-0.39, 0.29) is 0 Å². The summed E-state index contributed by atoms with van der Waals surface area (Å²) in [6.45, 7) is 0. The molecule has 0 fully saturated rings. The molecule has 0 unspecified atom stereocenters. The predicted octanol–water partition coefficient (Wildman–Crippen LogP) is 4.17. The molecule has 0 saturated heterocycles. The highest BCUT2D eigenvalue weighted by molar-refractivity contribution is 5.39. The van der Waals surface area contributed by atoms with Crippen molar-refractivity contribution in [2.45, 2.75) is 0 Å². The molecule has 0 amide bonds. The van der Waals surface area contributed by atoms with Crippen LogP contribution in [-0.4, -0.2) is 10.2 Å². The van der Waals surface area contributed by atoms with E-state index in [1.54, 1.807) is 0 Å². The molecule has 0 atom stereocenters. The van der Waals surface area contributed by atoms with Gasteiger partial charge in [0.1, 0.15) is 0 Å². The van der Waals surface area contributed by atoms with Gasteiger partial charge in [-0.25, -0.2) is 0 Å². The van der Waals surface area contributed by atoms with Crippen LogP contribution in [0.5, 0.6) is 0 Å². The number of rotatable bonds is 2. The number of hydrogen-bond donors (Lipinski definition) is 0. The second-order valence-corrected chi connectivity index (χ2v) is 3.45. The minimum atomic E-state index is 0.872. The van der Waals surface area contributed by atoms with Crippen molar-refractivity contribution < 1.29 is 4.42 Å². The molecule has 3 aromatic rings. The third kappa shape index (κ3) is 4.91. The lowest BCUT2D eigenvalue weighted by Crippen LogP contribution is -1.62. The van der Waals surface area contributed by atoms with E-state index in [1.165, 1.54) is 12.8 Å². The fourth-order valence-corrected chi connectivity index (χ4v) is 1.24. The van der Waals surface area contributed by atoms with Gasteiger partial charge in [0, 0.05) is 0 Å². The molecular formula is C14H12N4O. The molecule has 5 nitrogen and oxygen atoms in total. The summed E-state index contributed by atoms with van der Waals surface area (Å²) in [5.41, 5.74) is 1.74. The zero-order chi connectivity index (χ0) is 13.2. The molecule has 0 spiro atoms. The Morgan fingerprint density at radius 3 is 1.37 bits per heavy atom. The highest BCUT2D eigenvalue weighted by Crippen LogP contribution is 2.16. The summed E-state index contributed by atoms with van der Waals surface area (Å²) < 4.78 is 4.36. The molecule has 1 aromatic heterocycles. The monoisotopic (exact) mass is 252 g/mol. The number of benzene rings is 2. The van der Waals surface area contributed by atoms with Gasteiger partial charge in [0.2, 0.25) is 12.8 Å². The van der Waals surface area contributed by atoms with E-state index in [0.717, 1.165) is 11.4 Å². The summed E-state index contributed by atoms with van der Waals surface area (Å²) in [6.07, 6.45) is 2.53. The topological polar surface area (TPSA) is 63.6 Å². The summed E-state index contributed by atoms with van der Waals surface area (Å²) in [7, 11) is 0. The average Bonchev–Trinajstić information content (AvgIpc) is 3.07. The number of nitrogens with zero attached hydrogens (tertiary/aromatic N) is 4. The quantitative estimate of drug-likeness (QED) is 0.643. The van der Waals surface area contributed by atoms with E-state index < -0.39 is 0 Å². The Balaban J connectivity index is 0.000000224. The lowest BCUT2D eigenvalue weighted by molar-refractivity contribution is 0.553. The molecule has 0 aliphatic rings. The van der Waals surface area contributed by atoms with Crippen molar-refractivity contribution in [3.05, 3.63) is 73.5 Å². The van der Waals surface area contributed by atoms with Gasteiger partial charge in [-0.3, -0.25) is 0 Å². The molecule has 0 bridgehead atoms. The van der Waals surface area contributed by atoms with Crippen molar-refractivity contribution in [2.24, 2.45) is 10.2 Å². The van der Waals surface area contributed by atoms with Crippen molar-refractivity contribution >= 4 is 11.4 Å². The molecular weight excluding hydrogens is 240 g/mol. The van der Waals surface area contributed by atoms with Gasteiger partial charge in [-0.2, -0.15) is 10.2 Å². The summed E-state index contributed by atoms with van der Waals surface area (Å²) >= 11 is 0. The molecule has 0 aliphatic carbocycles. The first kappa shape index (κ1) is 12.6. The van der Waals surface area contributed by atoms with Gasteiger partial charge in [0.25, 0.3) is 0 Å². The maximum Gasteiger partial charge on any atom is 0.203 e. The molecule has 0 radical (unpaired) electrons. The lowest BCUT2D eigenvalue weighted by atomic mass is 10.3. The Morgan fingerprint density at radius 1 is 0.632 bits per heavy atom. The predicted molar refractivity (Wildman–Crippen MR) is 71.4 cm³/mol. The summed E-state index contributed by atoms with van der Waals surface area (Å²) in [5, 5.41) is 14.8. The number of aromatic nitrogens is 2. The first-order chi connectivity index (χ1) is 9.45. The Hall–Kier alpha value is -2.82. The fraction of sp³-hybridized carbons (Fsp3) is 0. The summed E-state index contributed by atoms with van der Waals surface area (Å²) in [4.78, 5) is 0. The fourth-order valence-electron chi connectivity index (χ4n) is 1.24. The van der Waals surface area contributed by atoms with Crippen LogP contribution in [0, 0.1) is 0 Å². The van der Waals surface area contributed by atoms with E-state index in [4.69, 9.17) is 0 Å². The zero-order valence-corrected chi connectivity index (χ0v) is 10.1. The third-order valence-corrected chi connectivity index (χ3v) is 2.08. The number of hydrogen-bond acceptors (Lipinski definition) is 5. The van der Waals surface area contributed by atoms with Crippen LogP contribution in [0.1, 0.15) is 0 Å². The highest BCUT2D eigenvalue weighted by Gasteiger charge is 1.86. The van der Waals surface area contributed by atoms with Crippen molar-refractivity contribution in [3.63, 3.8) is 0 Å². The normalized spacial score (nSPS) is 9.89. The third-order valence-electron chi connectivity index (χ3n) is 2.08. The van der Waals surface area contributed by atoms with Crippen LogP contribution in [0.4, 0.5) is 11.4 Å². The van der Waals surface area contributed by atoms with Crippen LogP contribution in [0.25, 0.3) is 0 Å². The highest BCUT2D eigenvalue weighted by atomic mass is 16.3. The van der Waals surface area contributed by atoms with E-state index in [2.05, 4.69) is 24.8 Å². The van der Waals surface area contributed by atoms with Gasteiger partial charge < -0.3 is 4.42 Å². The maximum absolute atomic E-state index is 4.36. The van der Waals surface area contributed by atoms with E-state index in [9.17, 15) is 0 Å². The Morgan fingerprint density at radius 2 is 1.05 bits per heavy atom. The van der Waals surface area contributed by atoms with Gasteiger partial charge in [0.05, 0.1) is 11.4 Å². The van der Waals surface area contributed by atoms with Crippen LogP contribution in [0.15, 0.2) is 88.1 Å². The van der Waals surface area contributed by atoms with Crippen molar-refractivity contribution in [2.75, 3.05) is 0 Å². The molecule has 5 heteroatoms. The first-order valence-corrected chi connectivity index (χ1v) is 5.66. The van der Waals surface area contributed by atoms with E-state index in [1.807, 2.05) is 60.7 Å². The van der Waals surface area contributed by atoms with Gasteiger partial charge in [-0.1, -0.05) is 36.4 Å². The minimum absolute atomic E-state index is 0.872. The van der Waals surface area contributed by atoms with Crippen LogP contribution in [0.3, 0.4) is 0 Å². The van der Waals surface area contributed by atoms with Crippen LogP contribution >= 0.6 is 0 Å². The van der Waals surface area contributed by atoms with Gasteiger partial charge in [0.15, 0.2) is 0 Å². The molecule has 0 aliphatic heterocycles. The van der Waals surface area contributed by atoms with Gasteiger partial charge in [-0.05, 0) is 24.3 Å². The van der Waals surface area contributed by atoms with Crippen LogP contribution in [-0.2, 0) is 0 Å². The van der Waals surface area contributed by atoms with Crippen molar-refractivity contribution in [1.29, 1.82) is 0 Å². The SMILES string of the molecule is c1ccc(N=Nc2ccccc2)cc1.c1nnco1. The second-order valence-electron chi connectivity index (χ2n) is 3.45. The Bertz CT molecular complexity index is 521.